The van der Waals surface area contributed by atoms with E-state index in [9.17, 15) is 5.11 Å². The second-order valence-electron chi connectivity index (χ2n) is 4.32. The molecule has 1 aliphatic rings. The number of aryl methyl sites for hydroxylation is 1. The minimum atomic E-state index is 0.0410. The molecular weight excluding hydrogens is 188 g/mol. The third-order valence-corrected chi connectivity index (χ3v) is 2.99. The number of nitrogens with one attached hydrogen (secondary N) is 1. The van der Waals surface area contributed by atoms with Crippen LogP contribution in [0.25, 0.3) is 0 Å². The van der Waals surface area contributed by atoms with Gasteiger partial charge in [-0.25, -0.2) is 0 Å². The van der Waals surface area contributed by atoms with E-state index in [4.69, 9.17) is 0 Å². The molecule has 0 aliphatic heterocycles. The minimum Gasteiger partial charge on any atom is -0.394 e. The van der Waals surface area contributed by atoms with Gasteiger partial charge in [-0.05, 0) is 49.4 Å². The number of nitrogens with zero attached hydrogens (tertiary/aromatic N) is 1. The Hall–Kier alpha value is -0.930. The lowest BCUT2D eigenvalue weighted by atomic mass is 10.0. The summed E-state index contributed by atoms with van der Waals surface area (Å²) in [6, 6.07) is 2.02. The van der Waals surface area contributed by atoms with Crippen LogP contribution in [0.5, 0.6) is 0 Å². The largest absolute Gasteiger partial charge is 0.394 e. The highest BCUT2D eigenvalue weighted by molar-refractivity contribution is 5.25. The SMILES string of the molecule is Cc1ccncc1C(CO)NCC1CC1. The summed E-state index contributed by atoms with van der Waals surface area (Å²) in [6.07, 6.45) is 6.29. The van der Waals surface area contributed by atoms with Crippen molar-refractivity contribution in [2.45, 2.75) is 25.8 Å². The molecule has 1 aliphatic carbocycles. The van der Waals surface area contributed by atoms with E-state index in [-0.39, 0.29) is 12.6 Å². The average molecular weight is 206 g/mol. The summed E-state index contributed by atoms with van der Waals surface area (Å²) in [5, 5.41) is 12.7. The molecule has 1 fully saturated rings. The zero-order valence-corrected chi connectivity index (χ0v) is 9.11. The van der Waals surface area contributed by atoms with Crippen LogP contribution < -0.4 is 5.32 Å². The highest BCUT2D eigenvalue weighted by atomic mass is 16.3. The van der Waals surface area contributed by atoms with E-state index in [1.807, 2.05) is 12.3 Å². The number of aliphatic hydroxyl groups excluding tert-OH is 1. The van der Waals surface area contributed by atoms with Crippen LogP contribution in [0.1, 0.15) is 30.0 Å². The fourth-order valence-corrected chi connectivity index (χ4v) is 1.74. The van der Waals surface area contributed by atoms with E-state index >= 15 is 0 Å². The van der Waals surface area contributed by atoms with E-state index in [2.05, 4.69) is 17.2 Å². The molecule has 0 radical (unpaired) electrons. The normalized spacial score (nSPS) is 17.7. The molecular formula is C12H18N2O. The van der Waals surface area contributed by atoms with Crippen molar-refractivity contribution in [1.29, 1.82) is 0 Å². The topological polar surface area (TPSA) is 45.2 Å². The van der Waals surface area contributed by atoms with Gasteiger partial charge in [0.15, 0.2) is 0 Å². The molecule has 1 atom stereocenters. The summed E-state index contributed by atoms with van der Waals surface area (Å²) in [5.41, 5.74) is 2.30. The van der Waals surface area contributed by atoms with Crippen molar-refractivity contribution in [2.24, 2.45) is 5.92 Å². The molecule has 0 amide bonds. The number of rotatable bonds is 5. The van der Waals surface area contributed by atoms with Gasteiger partial charge in [-0.15, -0.1) is 0 Å². The van der Waals surface area contributed by atoms with Gasteiger partial charge in [0, 0.05) is 12.4 Å². The molecule has 0 spiro atoms. The lowest BCUT2D eigenvalue weighted by Gasteiger charge is -2.18. The van der Waals surface area contributed by atoms with Crippen LogP contribution in [0.15, 0.2) is 18.5 Å². The Bertz CT molecular complexity index is 323. The summed E-state index contributed by atoms with van der Waals surface area (Å²) in [6.45, 7) is 3.21. The van der Waals surface area contributed by atoms with E-state index in [1.165, 1.54) is 18.4 Å². The second-order valence-corrected chi connectivity index (χ2v) is 4.32. The standard InChI is InChI=1S/C12H18N2O/c1-9-4-5-13-7-11(9)12(8-15)14-6-10-2-3-10/h4-5,7,10,12,14-15H,2-3,6,8H2,1H3. The average Bonchev–Trinajstić information content (AvgIpc) is 3.05. The van der Waals surface area contributed by atoms with Crippen LogP contribution in [0.3, 0.4) is 0 Å². The lowest BCUT2D eigenvalue weighted by Crippen LogP contribution is -2.27. The van der Waals surface area contributed by atoms with Gasteiger partial charge in [0.2, 0.25) is 0 Å². The molecule has 2 N–H and O–H groups in total. The van der Waals surface area contributed by atoms with Crippen molar-refractivity contribution < 1.29 is 5.11 Å². The number of pyridine rings is 1. The van der Waals surface area contributed by atoms with Crippen LogP contribution in [0.2, 0.25) is 0 Å². The molecule has 1 heterocycles. The van der Waals surface area contributed by atoms with Crippen LogP contribution in [-0.2, 0) is 0 Å². The predicted molar refractivity (Wildman–Crippen MR) is 59.5 cm³/mol. The molecule has 3 nitrogen and oxygen atoms in total. The molecule has 2 rings (SSSR count). The molecule has 0 aromatic carbocycles. The number of hydrogen-bond acceptors (Lipinski definition) is 3. The second kappa shape index (κ2) is 4.73. The van der Waals surface area contributed by atoms with E-state index < -0.39 is 0 Å². The van der Waals surface area contributed by atoms with Crippen molar-refractivity contribution >= 4 is 0 Å². The number of aromatic nitrogens is 1. The molecule has 0 bridgehead atoms. The molecule has 3 heteroatoms. The quantitative estimate of drug-likeness (QED) is 0.766. The third-order valence-electron chi connectivity index (χ3n) is 2.99. The van der Waals surface area contributed by atoms with Gasteiger partial charge in [-0.2, -0.15) is 0 Å². The van der Waals surface area contributed by atoms with Crippen molar-refractivity contribution in [3.05, 3.63) is 29.6 Å². The Kier molecular flexibility index (Phi) is 3.34. The lowest BCUT2D eigenvalue weighted by molar-refractivity contribution is 0.243. The minimum absolute atomic E-state index is 0.0410. The Morgan fingerprint density at radius 3 is 3.00 bits per heavy atom. The van der Waals surface area contributed by atoms with Crippen LogP contribution in [0, 0.1) is 12.8 Å². The van der Waals surface area contributed by atoms with Crippen LogP contribution in [0.4, 0.5) is 0 Å². The maximum absolute atomic E-state index is 9.35. The summed E-state index contributed by atoms with van der Waals surface area (Å²) >= 11 is 0. The molecule has 1 unspecified atom stereocenters. The summed E-state index contributed by atoms with van der Waals surface area (Å²) in [5.74, 6) is 0.830. The zero-order valence-electron chi connectivity index (χ0n) is 9.11. The fraction of sp³-hybridized carbons (Fsp3) is 0.583. The highest BCUT2D eigenvalue weighted by Gasteiger charge is 2.22. The van der Waals surface area contributed by atoms with Gasteiger partial charge in [-0.1, -0.05) is 0 Å². The van der Waals surface area contributed by atoms with Gasteiger partial charge in [0.1, 0.15) is 0 Å². The predicted octanol–water partition coefficient (Wildman–Crippen LogP) is 1.42. The molecule has 15 heavy (non-hydrogen) atoms. The molecule has 1 aromatic rings. The van der Waals surface area contributed by atoms with Crippen molar-refractivity contribution in [1.82, 2.24) is 10.3 Å². The Labute approximate surface area is 90.5 Å². The van der Waals surface area contributed by atoms with Crippen LogP contribution in [-0.4, -0.2) is 23.2 Å². The van der Waals surface area contributed by atoms with Crippen molar-refractivity contribution in [3.8, 4) is 0 Å². The first-order chi connectivity index (χ1) is 7.31. The van der Waals surface area contributed by atoms with Gasteiger partial charge in [0.05, 0.1) is 12.6 Å². The molecule has 1 saturated carbocycles. The van der Waals surface area contributed by atoms with Gasteiger partial charge in [-0.3, -0.25) is 4.98 Å². The number of hydrogen-bond donors (Lipinski definition) is 2. The smallest absolute Gasteiger partial charge is 0.0627 e. The monoisotopic (exact) mass is 206 g/mol. The number of aliphatic hydroxyl groups is 1. The van der Waals surface area contributed by atoms with E-state index in [0.29, 0.717) is 0 Å². The fourth-order valence-electron chi connectivity index (χ4n) is 1.74. The van der Waals surface area contributed by atoms with Crippen molar-refractivity contribution in [3.63, 3.8) is 0 Å². The first-order valence-corrected chi connectivity index (χ1v) is 5.56. The maximum Gasteiger partial charge on any atom is 0.0627 e. The van der Waals surface area contributed by atoms with E-state index in [0.717, 1.165) is 18.0 Å². The molecule has 82 valence electrons. The van der Waals surface area contributed by atoms with Crippen molar-refractivity contribution in [2.75, 3.05) is 13.2 Å². The van der Waals surface area contributed by atoms with Gasteiger partial charge >= 0.3 is 0 Å². The molecule has 0 saturated heterocycles. The van der Waals surface area contributed by atoms with Gasteiger partial charge in [0.25, 0.3) is 0 Å². The van der Waals surface area contributed by atoms with E-state index in [1.54, 1.807) is 6.20 Å². The Morgan fingerprint density at radius 2 is 2.40 bits per heavy atom. The van der Waals surface area contributed by atoms with Gasteiger partial charge < -0.3 is 10.4 Å². The molecule has 1 aromatic heterocycles. The first kappa shape index (κ1) is 10.6. The Balaban J connectivity index is 2.00. The maximum atomic E-state index is 9.35. The third kappa shape index (κ3) is 2.76. The summed E-state index contributed by atoms with van der Waals surface area (Å²) in [4.78, 5) is 4.11. The highest BCUT2D eigenvalue weighted by Crippen LogP contribution is 2.28. The van der Waals surface area contributed by atoms with Crippen LogP contribution >= 0.6 is 0 Å². The summed E-state index contributed by atoms with van der Waals surface area (Å²) < 4.78 is 0. The summed E-state index contributed by atoms with van der Waals surface area (Å²) in [7, 11) is 0. The Morgan fingerprint density at radius 1 is 1.60 bits per heavy atom. The zero-order chi connectivity index (χ0) is 10.7. The first-order valence-electron chi connectivity index (χ1n) is 5.56.